The van der Waals surface area contributed by atoms with Gasteiger partial charge in [-0.2, -0.15) is 0 Å². The van der Waals surface area contributed by atoms with Crippen LogP contribution in [0.15, 0.2) is 18.2 Å². The van der Waals surface area contributed by atoms with Crippen LogP contribution in [0.5, 0.6) is 5.75 Å². The van der Waals surface area contributed by atoms with Crippen molar-refractivity contribution in [2.45, 2.75) is 38.6 Å². The number of aromatic hydroxyl groups is 1. The van der Waals surface area contributed by atoms with Crippen LogP contribution in [0.25, 0.3) is 0 Å². The number of hydrogen-bond donors (Lipinski definition) is 2. The smallest absolute Gasteiger partial charge is 0.116 e. The zero-order valence-corrected chi connectivity index (χ0v) is 9.46. The van der Waals surface area contributed by atoms with Crippen molar-refractivity contribution in [2.24, 2.45) is 0 Å². The van der Waals surface area contributed by atoms with Crippen LogP contribution >= 0.6 is 0 Å². The Morgan fingerprint density at radius 2 is 2.13 bits per heavy atom. The number of hydrogen-bond acceptors (Lipinski definition) is 2. The molecule has 2 nitrogen and oxygen atoms in total. The van der Waals surface area contributed by atoms with Crippen LogP contribution in [0, 0.1) is 0 Å². The van der Waals surface area contributed by atoms with E-state index in [4.69, 9.17) is 0 Å². The summed E-state index contributed by atoms with van der Waals surface area (Å²) in [6, 6.07) is 6.40. The molecule has 1 unspecified atom stereocenters. The SMILES string of the molecule is CC(C)c1cc(O)cc(C2CCCN2)c1. The Balaban J connectivity index is 2.30. The van der Waals surface area contributed by atoms with Gasteiger partial charge in [0.2, 0.25) is 0 Å². The third-order valence-electron chi connectivity index (χ3n) is 3.09. The Bertz CT molecular complexity index is 340. The molecule has 1 fully saturated rings. The third-order valence-corrected chi connectivity index (χ3v) is 3.09. The van der Waals surface area contributed by atoms with E-state index in [1.54, 1.807) is 0 Å². The van der Waals surface area contributed by atoms with Gasteiger partial charge in [0, 0.05) is 6.04 Å². The first kappa shape index (κ1) is 10.5. The lowest BCUT2D eigenvalue weighted by Gasteiger charge is -2.14. The second-order valence-corrected chi connectivity index (χ2v) is 4.66. The standard InChI is InChI=1S/C13H19NO/c1-9(2)10-6-11(8-12(15)7-10)13-4-3-5-14-13/h6-9,13-15H,3-5H2,1-2H3. The minimum atomic E-state index is 0.393. The van der Waals surface area contributed by atoms with Crippen LogP contribution in [0.2, 0.25) is 0 Å². The number of rotatable bonds is 2. The molecule has 0 radical (unpaired) electrons. The van der Waals surface area contributed by atoms with E-state index in [1.165, 1.54) is 24.0 Å². The van der Waals surface area contributed by atoms with Gasteiger partial charge in [0.05, 0.1) is 0 Å². The maximum absolute atomic E-state index is 9.68. The monoisotopic (exact) mass is 205 g/mol. The van der Waals surface area contributed by atoms with Crippen LogP contribution in [0.3, 0.4) is 0 Å². The Hall–Kier alpha value is -1.02. The Morgan fingerprint density at radius 1 is 1.33 bits per heavy atom. The molecule has 1 aliphatic heterocycles. The highest BCUT2D eigenvalue weighted by Gasteiger charge is 2.17. The van der Waals surface area contributed by atoms with Crippen LogP contribution in [0.4, 0.5) is 0 Å². The molecule has 0 spiro atoms. The van der Waals surface area contributed by atoms with Gasteiger partial charge >= 0.3 is 0 Å². The Kier molecular flexibility index (Phi) is 2.96. The third kappa shape index (κ3) is 2.32. The van der Waals surface area contributed by atoms with E-state index in [2.05, 4.69) is 25.2 Å². The molecule has 1 aromatic rings. The predicted octanol–water partition coefficient (Wildman–Crippen LogP) is 2.94. The fourth-order valence-electron chi connectivity index (χ4n) is 2.16. The van der Waals surface area contributed by atoms with Gasteiger partial charge in [0.15, 0.2) is 0 Å². The number of benzene rings is 1. The molecular weight excluding hydrogens is 186 g/mol. The van der Waals surface area contributed by atoms with Crippen LogP contribution < -0.4 is 5.32 Å². The summed E-state index contributed by atoms with van der Waals surface area (Å²) in [5.74, 6) is 0.863. The van der Waals surface area contributed by atoms with Crippen LogP contribution in [0.1, 0.15) is 49.8 Å². The molecule has 2 rings (SSSR count). The van der Waals surface area contributed by atoms with Gasteiger partial charge < -0.3 is 10.4 Å². The molecular formula is C13H19NO. The normalized spacial score (nSPS) is 21.1. The minimum Gasteiger partial charge on any atom is -0.508 e. The zero-order chi connectivity index (χ0) is 10.8. The minimum absolute atomic E-state index is 0.393. The summed E-state index contributed by atoms with van der Waals surface area (Å²) >= 11 is 0. The molecule has 0 bridgehead atoms. The predicted molar refractivity (Wildman–Crippen MR) is 62.2 cm³/mol. The number of phenols is 1. The molecule has 82 valence electrons. The van der Waals surface area contributed by atoms with E-state index in [1.807, 2.05) is 12.1 Å². The molecule has 1 saturated heterocycles. The molecule has 1 aromatic carbocycles. The van der Waals surface area contributed by atoms with Crippen molar-refractivity contribution in [1.82, 2.24) is 5.32 Å². The summed E-state index contributed by atoms with van der Waals surface area (Å²) in [6.07, 6.45) is 2.42. The summed E-state index contributed by atoms with van der Waals surface area (Å²) in [5.41, 5.74) is 2.45. The molecule has 0 aliphatic carbocycles. The van der Waals surface area contributed by atoms with Gasteiger partial charge in [0.1, 0.15) is 5.75 Å². The Morgan fingerprint density at radius 3 is 2.73 bits per heavy atom. The summed E-state index contributed by atoms with van der Waals surface area (Å²) < 4.78 is 0. The lowest BCUT2D eigenvalue weighted by molar-refractivity contribution is 0.471. The van der Waals surface area contributed by atoms with Gasteiger partial charge in [-0.1, -0.05) is 19.9 Å². The van der Waals surface area contributed by atoms with Crippen molar-refractivity contribution in [3.8, 4) is 5.75 Å². The molecule has 15 heavy (non-hydrogen) atoms. The van der Waals surface area contributed by atoms with Gasteiger partial charge in [-0.15, -0.1) is 0 Å². The number of nitrogens with one attached hydrogen (secondary N) is 1. The van der Waals surface area contributed by atoms with Crippen LogP contribution in [-0.4, -0.2) is 11.7 Å². The van der Waals surface area contributed by atoms with Crippen LogP contribution in [-0.2, 0) is 0 Å². The van der Waals surface area contributed by atoms with Gasteiger partial charge in [-0.3, -0.25) is 0 Å². The lowest BCUT2D eigenvalue weighted by atomic mass is 9.96. The van der Waals surface area contributed by atoms with E-state index in [9.17, 15) is 5.11 Å². The van der Waals surface area contributed by atoms with E-state index in [0.717, 1.165) is 6.54 Å². The highest BCUT2D eigenvalue weighted by atomic mass is 16.3. The van der Waals surface area contributed by atoms with Crippen molar-refractivity contribution < 1.29 is 5.11 Å². The highest BCUT2D eigenvalue weighted by Crippen LogP contribution is 2.29. The van der Waals surface area contributed by atoms with E-state index >= 15 is 0 Å². The maximum Gasteiger partial charge on any atom is 0.116 e. The average Bonchev–Trinajstić information content (AvgIpc) is 2.69. The molecule has 0 aromatic heterocycles. The Labute approximate surface area is 91.3 Å². The fourth-order valence-corrected chi connectivity index (χ4v) is 2.16. The van der Waals surface area contributed by atoms with Crippen molar-refractivity contribution in [2.75, 3.05) is 6.54 Å². The largest absolute Gasteiger partial charge is 0.508 e. The van der Waals surface area contributed by atoms with Crippen molar-refractivity contribution in [1.29, 1.82) is 0 Å². The summed E-state index contributed by atoms with van der Waals surface area (Å²) in [5, 5.41) is 13.1. The van der Waals surface area contributed by atoms with E-state index in [0.29, 0.717) is 17.7 Å². The summed E-state index contributed by atoms with van der Waals surface area (Å²) in [6.45, 7) is 5.40. The van der Waals surface area contributed by atoms with E-state index < -0.39 is 0 Å². The zero-order valence-electron chi connectivity index (χ0n) is 9.46. The first-order valence-corrected chi connectivity index (χ1v) is 5.74. The highest BCUT2D eigenvalue weighted by molar-refractivity contribution is 5.36. The first-order chi connectivity index (χ1) is 7.16. The topological polar surface area (TPSA) is 32.3 Å². The van der Waals surface area contributed by atoms with Crippen molar-refractivity contribution in [3.05, 3.63) is 29.3 Å². The summed E-state index contributed by atoms with van der Waals surface area (Å²) in [7, 11) is 0. The molecule has 0 saturated carbocycles. The molecule has 0 amide bonds. The maximum atomic E-state index is 9.68. The molecule has 2 heteroatoms. The van der Waals surface area contributed by atoms with Gasteiger partial charge in [0.25, 0.3) is 0 Å². The second kappa shape index (κ2) is 4.23. The average molecular weight is 205 g/mol. The quantitative estimate of drug-likeness (QED) is 0.778. The van der Waals surface area contributed by atoms with Crippen molar-refractivity contribution in [3.63, 3.8) is 0 Å². The fraction of sp³-hybridized carbons (Fsp3) is 0.538. The number of phenolic OH excluding ortho intramolecular Hbond substituents is 1. The lowest BCUT2D eigenvalue weighted by Crippen LogP contribution is -2.13. The molecule has 2 N–H and O–H groups in total. The van der Waals surface area contributed by atoms with Gasteiger partial charge in [-0.25, -0.2) is 0 Å². The van der Waals surface area contributed by atoms with Crippen molar-refractivity contribution >= 4 is 0 Å². The van der Waals surface area contributed by atoms with Gasteiger partial charge in [-0.05, 0) is 48.6 Å². The molecule has 1 aliphatic rings. The summed E-state index contributed by atoms with van der Waals surface area (Å²) in [4.78, 5) is 0. The van der Waals surface area contributed by atoms with E-state index in [-0.39, 0.29) is 0 Å². The second-order valence-electron chi connectivity index (χ2n) is 4.66. The first-order valence-electron chi connectivity index (χ1n) is 5.74. The molecule has 1 atom stereocenters. The molecule has 1 heterocycles.